The van der Waals surface area contributed by atoms with Crippen molar-refractivity contribution < 1.29 is 19.4 Å². The molecule has 0 aliphatic rings. The number of carbonyl (C=O) groups excluding carboxylic acids is 1. The third kappa shape index (κ3) is 4.38. The topological polar surface area (TPSA) is 55.8 Å². The van der Waals surface area contributed by atoms with Crippen LogP contribution in [0.3, 0.4) is 0 Å². The fourth-order valence-corrected chi connectivity index (χ4v) is 0.466. The Bertz CT molecular complexity index is 151. The monoisotopic (exact) mass is 160 g/mol. The van der Waals surface area contributed by atoms with Crippen molar-refractivity contribution in [1.29, 1.82) is 0 Å². The third-order valence-electron chi connectivity index (χ3n) is 0.816. The van der Waals surface area contributed by atoms with E-state index in [9.17, 15) is 4.79 Å². The van der Waals surface area contributed by atoms with E-state index < -0.39 is 12.3 Å². The molecule has 0 saturated carbocycles. The van der Waals surface area contributed by atoms with Crippen LogP contribution < -0.4 is 0 Å². The van der Waals surface area contributed by atoms with Gasteiger partial charge in [-0.2, -0.15) is 0 Å². The van der Waals surface area contributed by atoms with Crippen LogP contribution in [0.25, 0.3) is 0 Å². The first-order chi connectivity index (χ1) is 5.07. The molecule has 4 heteroatoms. The van der Waals surface area contributed by atoms with Crippen LogP contribution in [0.2, 0.25) is 0 Å². The Kier molecular flexibility index (Phi) is 4.29. The maximum absolute atomic E-state index is 10.7. The second-order valence-corrected chi connectivity index (χ2v) is 1.86. The molecule has 11 heavy (non-hydrogen) atoms. The number of aliphatic hydroxyl groups excluding tert-OH is 1. The third-order valence-corrected chi connectivity index (χ3v) is 0.816. The van der Waals surface area contributed by atoms with Crippen molar-refractivity contribution in [1.82, 2.24) is 0 Å². The van der Waals surface area contributed by atoms with Crippen LogP contribution in [0, 0.1) is 0 Å². The van der Waals surface area contributed by atoms with Crippen molar-refractivity contribution in [3.05, 3.63) is 12.3 Å². The molecular weight excluding hydrogens is 148 g/mol. The van der Waals surface area contributed by atoms with Crippen molar-refractivity contribution in [3.8, 4) is 0 Å². The van der Waals surface area contributed by atoms with E-state index in [0.717, 1.165) is 0 Å². The zero-order valence-electron chi connectivity index (χ0n) is 6.66. The molecule has 1 N–H and O–H groups in total. The van der Waals surface area contributed by atoms with Crippen molar-refractivity contribution in [2.24, 2.45) is 0 Å². The highest BCUT2D eigenvalue weighted by atomic mass is 16.6. The molecule has 0 amide bonds. The largest absolute Gasteiger partial charge is 0.460 e. The molecule has 0 spiro atoms. The summed E-state index contributed by atoms with van der Waals surface area (Å²) < 4.78 is 9.08. The Morgan fingerprint density at radius 1 is 1.73 bits per heavy atom. The van der Waals surface area contributed by atoms with Gasteiger partial charge in [-0.15, -0.1) is 0 Å². The van der Waals surface area contributed by atoms with Crippen molar-refractivity contribution in [3.63, 3.8) is 0 Å². The molecule has 0 aromatic carbocycles. The summed E-state index contributed by atoms with van der Waals surface area (Å²) in [6.45, 7) is 6.58. The van der Waals surface area contributed by atoms with Crippen molar-refractivity contribution >= 4 is 5.97 Å². The molecule has 0 rings (SSSR count). The van der Waals surface area contributed by atoms with Gasteiger partial charge in [0.15, 0.2) is 12.0 Å². The lowest BCUT2D eigenvalue weighted by molar-refractivity contribution is -0.148. The summed E-state index contributed by atoms with van der Waals surface area (Å²) >= 11 is 0. The lowest BCUT2D eigenvalue weighted by Crippen LogP contribution is -2.14. The average molecular weight is 160 g/mol. The van der Waals surface area contributed by atoms with Gasteiger partial charge in [-0.25, -0.2) is 4.79 Å². The minimum absolute atomic E-state index is 0.179. The van der Waals surface area contributed by atoms with Gasteiger partial charge in [-0.1, -0.05) is 0 Å². The highest BCUT2D eigenvalue weighted by molar-refractivity contribution is 5.85. The molecule has 0 radical (unpaired) electrons. The smallest absolute Gasteiger partial charge is 0.373 e. The SMILES string of the molecule is C=C(OC(C)O)C(=O)OCC. The lowest BCUT2D eigenvalue weighted by atomic mass is 10.5. The quantitative estimate of drug-likeness (QED) is 0.280. The van der Waals surface area contributed by atoms with Crippen molar-refractivity contribution in [2.75, 3.05) is 6.61 Å². The molecule has 64 valence electrons. The first-order valence-corrected chi connectivity index (χ1v) is 3.28. The van der Waals surface area contributed by atoms with Gasteiger partial charge in [0.2, 0.25) is 0 Å². The first-order valence-electron chi connectivity index (χ1n) is 3.28. The maximum Gasteiger partial charge on any atom is 0.373 e. The molecular formula is C7H12O4. The Hall–Kier alpha value is -1.03. The standard InChI is InChI=1S/C7H12O4/c1-4-10-7(9)5(2)11-6(3)8/h6,8H,2,4H2,1,3H3. The zero-order valence-corrected chi connectivity index (χ0v) is 6.66. The number of hydrogen-bond donors (Lipinski definition) is 1. The molecule has 0 aromatic rings. The summed E-state index contributed by atoms with van der Waals surface area (Å²) in [5.74, 6) is -0.824. The van der Waals surface area contributed by atoms with Crippen LogP contribution in [0.15, 0.2) is 12.3 Å². The maximum atomic E-state index is 10.7. The molecule has 0 bridgehead atoms. The van der Waals surface area contributed by atoms with Crippen LogP contribution in [0.5, 0.6) is 0 Å². The van der Waals surface area contributed by atoms with Gasteiger partial charge in [0.05, 0.1) is 6.61 Å². The Morgan fingerprint density at radius 2 is 2.27 bits per heavy atom. The van der Waals surface area contributed by atoms with E-state index in [1.807, 2.05) is 0 Å². The van der Waals surface area contributed by atoms with Crippen LogP contribution in [-0.2, 0) is 14.3 Å². The van der Waals surface area contributed by atoms with Gasteiger partial charge in [0, 0.05) is 0 Å². The zero-order chi connectivity index (χ0) is 8.85. The van der Waals surface area contributed by atoms with E-state index in [1.54, 1.807) is 6.92 Å². The highest BCUT2D eigenvalue weighted by Crippen LogP contribution is 1.99. The van der Waals surface area contributed by atoms with E-state index in [1.165, 1.54) is 6.92 Å². The Balaban J connectivity index is 3.74. The predicted molar refractivity (Wildman–Crippen MR) is 38.5 cm³/mol. The van der Waals surface area contributed by atoms with Crippen LogP contribution in [-0.4, -0.2) is 24.0 Å². The summed E-state index contributed by atoms with van der Waals surface area (Å²) in [4.78, 5) is 10.7. The van der Waals surface area contributed by atoms with Gasteiger partial charge < -0.3 is 14.6 Å². The minimum Gasteiger partial charge on any atom is -0.460 e. The number of aliphatic hydroxyl groups is 1. The van der Waals surface area contributed by atoms with Gasteiger partial charge in [-0.05, 0) is 20.4 Å². The number of carbonyl (C=O) groups is 1. The van der Waals surface area contributed by atoms with Gasteiger partial charge in [0.25, 0.3) is 0 Å². The molecule has 4 nitrogen and oxygen atoms in total. The predicted octanol–water partition coefficient (Wildman–Crippen LogP) is 0.418. The average Bonchev–Trinajstić information content (AvgIpc) is 1.86. The Morgan fingerprint density at radius 3 is 2.64 bits per heavy atom. The molecule has 0 aliphatic heterocycles. The molecule has 0 aliphatic carbocycles. The summed E-state index contributed by atoms with van der Waals surface area (Å²) in [5, 5.41) is 8.65. The van der Waals surface area contributed by atoms with E-state index in [-0.39, 0.29) is 12.4 Å². The van der Waals surface area contributed by atoms with Gasteiger partial charge in [-0.3, -0.25) is 0 Å². The lowest BCUT2D eigenvalue weighted by Gasteiger charge is -2.09. The summed E-state index contributed by atoms with van der Waals surface area (Å²) in [5.41, 5.74) is 0. The van der Waals surface area contributed by atoms with E-state index in [4.69, 9.17) is 5.11 Å². The number of rotatable bonds is 4. The summed E-state index contributed by atoms with van der Waals surface area (Å²) in [6.07, 6.45) is -1.04. The Labute approximate surface area is 65.4 Å². The van der Waals surface area contributed by atoms with Crippen LogP contribution in [0.1, 0.15) is 13.8 Å². The number of esters is 1. The van der Waals surface area contributed by atoms with E-state index in [2.05, 4.69) is 16.1 Å². The van der Waals surface area contributed by atoms with E-state index >= 15 is 0 Å². The number of ether oxygens (including phenoxy) is 2. The highest BCUT2D eigenvalue weighted by Gasteiger charge is 2.10. The molecule has 1 atom stereocenters. The summed E-state index contributed by atoms with van der Waals surface area (Å²) in [7, 11) is 0. The summed E-state index contributed by atoms with van der Waals surface area (Å²) in [6, 6.07) is 0. The van der Waals surface area contributed by atoms with Crippen LogP contribution >= 0.6 is 0 Å². The van der Waals surface area contributed by atoms with Gasteiger partial charge in [0.1, 0.15) is 0 Å². The van der Waals surface area contributed by atoms with Gasteiger partial charge >= 0.3 is 5.97 Å². The molecule has 0 heterocycles. The van der Waals surface area contributed by atoms with Crippen LogP contribution in [0.4, 0.5) is 0 Å². The second kappa shape index (κ2) is 4.73. The number of hydrogen-bond acceptors (Lipinski definition) is 4. The molecule has 0 aromatic heterocycles. The first kappa shape index (κ1) is 9.97. The molecule has 0 fully saturated rings. The fraction of sp³-hybridized carbons (Fsp3) is 0.571. The minimum atomic E-state index is -1.04. The molecule has 1 unspecified atom stereocenters. The van der Waals surface area contributed by atoms with Crippen molar-refractivity contribution in [2.45, 2.75) is 20.1 Å². The fourth-order valence-electron chi connectivity index (χ4n) is 0.466. The second-order valence-electron chi connectivity index (χ2n) is 1.86. The van der Waals surface area contributed by atoms with E-state index in [0.29, 0.717) is 0 Å². The molecule has 0 saturated heterocycles. The normalized spacial score (nSPS) is 11.9.